The van der Waals surface area contributed by atoms with Crippen LogP contribution < -0.4 is 15.7 Å². The Bertz CT molecular complexity index is 3800. The maximum atomic E-state index is 6.60. The second kappa shape index (κ2) is 10.6. The van der Waals surface area contributed by atoms with Crippen LogP contribution in [0.15, 0.2) is 154 Å². The van der Waals surface area contributed by atoms with Crippen LogP contribution in [0.25, 0.3) is 103 Å². The van der Waals surface area contributed by atoms with E-state index in [-0.39, 0.29) is 12.3 Å². The number of fused-ring (bicyclic) bond motifs is 17. The average Bonchev–Trinajstić information content (AvgIpc) is 3.99. The highest BCUT2D eigenvalue weighted by molar-refractivity contribution is 7.25. The van der Waals surface area contributed by atoms with Gasteiger partial charge in [-0.2, -0.15) is 0 Å². The number of aromatic nitrogens is 1. The number of rotatable bonds is 1. The van der Waals surface area contributed by atoms with Crippen molar-refractivity contribution >= 4 is 126 Å². The van der Waals surface area contributed by atoms with Gasteiger partial charge in [-0.25, -0.2) is 0 Å². The molecule has 2 aliphatic rings. The lowest BCUT2D eigenvalue weighted by Gasteiger charge is -2.42. The number of para-hydroxylation sites is 2. The van der Waals surface area contributed by atoms with Gasteiger partial charge < -0.3 is 18.2 Å². The summed E-state index contributed by atoms with van der Waals surface area (Å²) in [4.78, 5) is 2.63. The second-order valence-electron chi connectivity index (χ2n) is 17.3. The molecular weight excluding hydrogens is 727 g/mol. The van der Waals surface area contributed by atoms with Crippen LogP contribution in [-0.2, 0) is 5.41 Å². The Kier molecular flexibility index (Phi) is 5.73. The molecule has 0 amide bonds. The maximum Gasteiger partial charge on any atom is 0.333 e. The number of anilines is 2. The molecule has 0 saturated heterocycles. The molecule has 272 valence electrons. The first-order chi connectivity index (χ1) is 28.4. The molecule has 6 heteroatoms. The zero-order chi connectivity index (χ0) is 38.2. The summed E-state index contributed by atoms with van der Waals surface area (Å²) >= 11 is 1.89. The van der Waals surface area contributed by atoms with Crippen molar-refractivity contribution in [1.82, 2.24) is 4.57 Å². The van der Waals surface area contributed by atoms with Crippen molar-refractivity contribution in [2.24, 2.45) is 0 Å². The predicted molar refractivity (Wildman–Crippen MR) is 246 cm³/mol. The van der Waals surface area contributed by atoms with Crippen LogP contribution in [0.2, 0.25) is 0 Å². The van der Waals surface area contributed by atoms with Crippen molar-refractivity contribution in [1.29, 1.82) is 0 Å². The van der Waals surface area contributed by atoms with Gasteiger partial charge >= 0.3 is 6.85 Å². The normalized spacial score (nSPS) is 13.7. The van der Waals surface area contributed by atoms with Crippen LogP contribution in [-0.4, -0.2) is 11.4 Å². The first kappa shape index (κ1) is 31.3. The van der Waals surface area contributed by atoms with Gasteiger partial charge in [-0.15, -0.1) is 11.3 Å². The lowest BCUT2D eigenvalue weighted by molar-refractivity contribution is 0.590. The second-order valence-corrected chi connectivity index (χ2v) is 18.3. The molecule has 0 atom stereocenters. The number of nitrogens with zero attached hydrogens (tertiary/aromatic N) is 2. The largest absolute Gasteiger partial charge is 0.456 e. The summed E-state index contributed by atoms with van der Waals surface area (Å²) < 4.78 is 18.3. The van der Waals surface area contributed by atoms with Gasteiger partial charge in [0, 0.05) is 75.1 Å². The summed E-state index contributed by atoms with van der Waals surface area (Å²) in [6.07, 6.45) is 0. The number of hydrogen-bond donors (Lipinski definition) is 0. The van der Waals surface area contributed by atoms with Gasteiger partial charge in [0.2, 0.25) is 0 Å². The topological polar surface area (TPSA) is 34.5 Å². The third-order valence-electron chi connectivity index (χ3n) is 13.1. The first-order valence-corrected chi connectivity index (χ1v) is 20.9. The number of furan rings is 2. The van der Waals surface area contributed by atoms with Crippen molar-refractivity contribution in [2.45, 2.75) is 26.2 Å². The van der Waals surface area contributed by atoms with E-state index in [1.807, 2.05) is 11.3 Å². The van der Waals surface area contributed by atoms with Crippen molar-refractivity contribution in [3.05, 3.63) is 151 Å². The van der Waals surface area contributed by atoms with E-state index in [2.05, 4.69) is 176 Å². The molecule has 12 aromatic rings. The Morgan fingerprint density at radius 3 is 1.95 bits per heavy atom. The predicted octanol–water partition coefficient (Wildman–Crippen LogP) is 13.5. The summed E-state index contributed by atoms with van der Waals surface area (Å²) in [5.74, 6) is 0. The van der Waals surface area contributed by atoms with E-state index < -0.39 is 0 Å². The highest BCUT2D eigenvalue weighted by Gasteiger charge is 2.44. The van der Waals surface area contributed by atoms with Crippen LogP contribution in [0, 0.1) is 0 Å². The van der Waals surface area contributed by atoms with E-state index in [0.29, 0.717) is 0 Å². The monoisotopic (exact) mass is 760 g/mol. The van der Waals surface area contributed by atoms with Gasteiger partial charge in [0.05, 0.1) is 11.0 Å². The fourth-order valence-corrected chi connectivity index (χ4v) is 11.6. The molecule has 4 aromatic heterocycles. The molecule has 0 aliphatic carbocycles. The molecule has 0 saturated carbocycles. The molecule has 0 unspecified atom stereocenters. The molecule has 4 nitrogen and oxygen atoms in total. The molecule has 2 aliphatic heterocycles. The summed E-state index contributed by atoms with van der Waals surface area (Å²) in [6, 6.07) is 54.1. The van der Waals surface area contributed by atoms with Gasteiger partial charge in [-0.3, -0.25) is 0 Å². The van der Waals surface area contributed by atoms with Crippen molar-refractivity contribution in [3.63, 3.8) is 0 Å². The molecule has 58 heavy (non-hydrogen) atoms. The molecule has 0 radical (unpaired) electrons. The minimum atomic E-state index is -0.0963. The van der Waals surface area contributed by atoms with Crippen LogP contribution >= 0.6 is 11.3 Å². The molecule has 0 fully saturated rings. The lowest BCUT2D eigenvalue weighted by atomic mass is 9.44. The van der Waals surface area contributed by atoms with E-state index in [0.717, 1.165) is 43.9 Å². The Morgan fingerprint density at radius 2 is 1.19 bits per heavy atom. The number of benzene rings is 8. The van der Waals surface area contributed by atoms with Crippen LogP contribution in [0.3, 0.4) is 0 Å². The fraction of sp³-hybridized carbons (Fsp3) is 0.0769. The van der Waals surface area contributed by atoms with E-state index >= 15 is 0 Å². The SMILES string of the molecule is CC(C)(C)c1ccc(N2B3c4cc5c(cc4-n4c6cc7c(cc6c6ccc(c3c64)-c3cc4oc6ccccc6c4cc32)oc2ccccc27)sc2ccccc25)cc1. The Balaban J connectivity index is 1.17. The first-order valence-electron chi connectivity index (χ1n) is 20.1. The van der Waals surface area contributed by atoms with Gasteiger partial charge in [0.15, 0.2) is 0 Å². The van der Waals surface area contributed by atoms with Crippen LogP contribution in [0.1, 0.15) is 26.3 Å². The molecule has 0 bridgehead atoms. The zero-order valence-corrected chi connectivity index (χ0v) is 32.9. The van der Waals surface area contributed by atoms with Gasteiger partial charge in [0.1, 0.15) is 22.3 Å². The lowest BCUT2D eigenvalue weighted by Crippen LogP contribution is -2.60. The van der Waals surface area contributed by atoms with E-state index in [1.54, 1.807) is 0 Å². The summed E-state index contributed by atoms with van der Waals surface area (Å²) in [5, 5.41) is 9.60. The van der Waals surface area contributed by atoms with E-state index in [1.165, 1.54) is 86.7 Å². The Labute approximate surface area is 337 Å². The maximum absolute atomic E-state index is 6.60. The molecule has 8 aromatic carbocycles. The highest BCUT2D eigenvalue weighted by Crippen LogP contribution is 2.49. The molecule has 14 rings (SSSR count). The van der Waals surface area contributed by atoms with E-state index in [4.69, 9.17) is 8.83 Å². The standard InChI is InChI=1S/C52H33BN2O2S/c1-52(2,3)28-16-18-29(19-17-28)55-42-24-38-31-11-5-8-14-45(31)56-46(38)25-35(42)33-20-21-34-36-26-47-37(30-10-4-7-13-44(30)57-47)23-41(36)54-43-27-49-39(32-12-6-9-15-48(32)58-49)22-40(43)53(55)50(33)51(34)54/h4-27H,1-3H3. The average molecular weight is 761 g/mol. The smallest absolute Gasteiger partial charge is 0.333 e. The van der Waals surface area contributed by atoms with Gasteiger partial charge in [-0.05, 0) is 88.1 Å². The van der Waals surface area contributed by atoms with E-state index in [9.17, 15) is 0 Å². The van der Waals surface area contributed by atoms with Gasteiger partial charge in [0.25, 0.3) is 0 Å². The number of hydrogen-bond acceptors (Lipinski definition) is 4. The molecule has 0 spiro atoms. The molecular formula is C52H33BN2O2S. The number of thiophene rings is 1. The Morgan fingerprint density at radius 1 is 0.500 bits per heavy atom. The minimum Gasteiger partial charge on any atom is -0.456 e. The summed E-state index contributed by atoms with van der Waals surface area (Å²) in [5.41, 5.74) is 16.1. The van der Waals surface area contributed by atoms with Crippen LogP contribution in [0.5, 0.6) is 0 Å². The summed E-state index contributed by atoms with van der Waals surface area (Å²) in [7, 11) is 0. The van der Waals surface area contributed by atoms with Crippen molar-refractivity contribution in [3.8, 4) is 16.8 Å². The summed E-state index contributed by atoms with van der Waals surface area (Å²) in [6.45, 7) is 6.77. The van der Waals surface area contributed by atoms with Crippen molar-refractivity contribution in [2.75, 3.05) is 4.81 Å². The third kappa shape index (κ3) is 3.91. The highest BCUT2D eigenvalue weighted by atomic mass is 32.1. The third-order valence-corrected chi connectivity index (χ3v) is 14.2. The van der Waals surface area contributed by atoms with Crippen LogP contribution in [0.4, 0.5) is 11.4 Å². The molecule has 6 heterocycles. The zero-order valence-electron chi connectivity index (χ0n) is 32.1. The minimum absolute atomic E-state index is 0.0352. The van der Waals surface area contributed by atoms with Gasteiger partial charge in [-0.1, -0.05) is 106 Å². The van der Waals surface area contributed by atoms with Crippen molar-refractivity contribution < 1.29 is 8.83 Å². The fourth-order valence-electron chi connectivity index (χ4n) is 10.4. The molecule has 0 N–H and O–H groups in total. The Hall–Kier alpha value is -6.76. The quantitative estimate of drug-likeness (QED) is 0.156.